The van der Waals surface area contributed by atoms with Gasteiger partial charge in [0.25, 0.3) is 5.91 Å². The van der Waals surface area contributed by atoms with Crippen molar-refractivity contribution in [1.29, 1.82) is 0 Å². The van der Waals surface area contributed by atoms with E-state index in [9.17, 15) is 14.4 Å². The van der Waals surface area contributed by atoms with Crippen LogP contribution in [-0.2, 0) is 26.5 Å². The van der Waals surface area contributed by atoms with Gasteiger partial charge in [-0.3, -0.25) is 14.5 Å². The predicted molar refractivity (Wildman–Crippen MR) is 118 cm³/mol. The van der Waals surface area contributed by atoms with Crippen LogP contribution in [0.4, 0.5) is 4.79 Å². The number of fused-ring (bicyclic) bond motifs is 2. The smallest absolute Gasteiger partial charge is 0.326 e. The Balaban J connectivity index is 1.29. The minimum atomic E-state index is -1.26. The summed E-state index contributed by atoms with van der Waals surface area (Å²) in [7, 11) is 0. The molecule has 7 nitrogen and oxygen atoms in total. The van der Waals surface area contributed by atoms with Crippen molar-refractivity contribution in [2.24, 2.45) is 0 Å². The zero-order chi connectivity index (χ0) is 22.3. The normalized spacial score (nSPS) is 18.3. The van der Waals surface area contributed by atoms with Gasteiger partial charge in [0.15, 0.2) is 0 Å². The van der Waals surface area contributed by atoms with Crippen LogP contribution in [0.15, 0.2) is 77.2 Å². The first kappa shape index (κ1) is 19.8. The van der Waals surface area contributed by atoms with Crippen LogP contribution in [0.3, 0.4) is 0 Å². The van der Waals surface area contributed by atoms with E-state index in [-0.39, 0.29) is 6.61 Å². The van der Waals surface area contributed by atoms with Gasteiger partial charge in [0.05, 0.1) is 0 Å². The van der Waals surface area contributed by atoms with Gasteiger partial charge < -0.3 is 14.5 Å². The van der Waals surface area contributed by atoms with Crippen molar-refractivity contribution >= 4 is 39.6 Å². The van der Waals surface area contributed by atoms with Gasteiger partial charge in [-0.2, -0.15) is 0 Å². The molecule has 0 bridgehead atoms. The molecule has 2 heterocycles. The number of hydrogen-bond acceptors (Lipinski definition) is 5. The zero-order valence-electron chi connectivity index (χ0n) is 17.3. The Morgan fingerprint density at radius 1 is 0.969 bits per heavy atom. The maximum Gasteiger partial charge on any atom is 0.326 e. The average molecular weight is 428 g/mol. The summed E-state index contributed by atoms with van der Waals surface area (Å²) in [4.78, 5) is 38.9. The molecule has 160 valence electrons. The maximum absolute atomic E-state index is 13.1. The summed E-state index contributed by atoms with van der Waals surface area (Å²) in [5.41, 5.74) is 0.0756. The van der Waals surface area contributed by atoms with E-state index in [1.165, 1.54) is 0 Å². The van der Waals surface area contributed by atoms with Gasteiger partial charge in [0.1, 0.15) is 30.0 Å². The predicted octanol–water partition coefficient (Wildman–Crippen LogP) is 4.10. The minimum Gasteiger partial charge on any atom is -0.457 e. The summed E-state index contributed by atoms with van der Waals surface area (Å²) in [5, 5.41) is 5.61. The fourth-order valence-corrected chi connectivity index (χ4v) is 3.97. The van der Waals surface area contributed by atoms with Crippen molar-refractivity contribution in [1.82, 2.24) is 10.2 Å². The molecular weight excluding hydrogens is 408 g/mol. The molecule has 32 heavy (non-hydrogen) atoms. The van der Waals surface area contributed by atoms with E-state index in [4.69, 9.17) is 9.15 Å². The average Bonchev–Trinajstić information content (AvgIpc) is 3.31. The molecule has 1 aliphatic heterocycles. The van der Waals surface area contributed by atoms with Gasteiger partial charge in [-0.15, -0.1) is 0 Å². The number of hydrogen-bond donors (Lipinski definition) is 1. The lowest BCUT2D eigenvalue weighted by atomic mass is 9.90. The molecule has 1 N–H and O–H groups in total. The van der Waals surface area contributed by atoms with Gasteiger partial charge in [0, 0.05) is 5.39 Å². The number of carbonyl (C=O) groups is 3. The standard InChI is InChI=1S/C25H20N2O5/c1-25(19-11-10-16-6-2-3-7-17(16)12-19)23(29)27(24(30)26-25)14-22(28)31-15-20-13-18-8-4-5-9-21(18)32-20/h2-13H,14-15H2,1H3,(H,26,30). The summed E-state index contributed by atoms with van der Waals surface area (Å²) in [5.74, 6) is -0.715. The molecule has 4 aromatic rings. The van der Waals surface area contributed by atoms with Gasteiger partial charge in [-0.05, 0) is 41.5 Å². The molecule has 5 rings (SSSR count). The lowest BCUT2D eigenvalue weighted by Gasteiger charge is -2.22. The molecule has 1 aliphatic rings. The number of benzene rings is 3. The topological polar surface area (TPSA) is 88.8 Å². The monoisotopic (exact) mass is 428 g/mol. The molecule has 1 saturated heterocycles. The second-order valence-electron chi connectivity index (χ2n) is 7.92. The molecule has 3 amide bonds. The summed E-state index contributed by atoms with van der Waals surface area (Å²) in [6, 6.07) is 22.0. The van der Waals surface area contributed by atoms with Crippen LogP contribution in [0.25, 0.3) is 21.7 Å². The van der Waals surface area contributed by atoms with Gasteiger partial charge in [-0.1, -0.05) is 54.6 Å². The maximum atomic E-state index is 13.1. The summed E-state index contributed by atoms with van der Waals surface area (Å²) in [6.45, 7) is 1.07. The zero-order valence-corrected chi connectivity index (χ0v) is 17.3. The first-order chi connectivity index (χ1) is 15.4. The molecule has 1 aromatic heterocycles. The third-order valence-corrected chi connectivity index (χ3v) is 5.74. The number of para-hydroxylation sites is 1. The molecule has 0 spiro atoms. The number of rotatable bonds is 5. The first-order valence-electron chi connectivity index (χ1n) is 10.2. The highest BCUT2D eigenvalue weighted by Gasteiger charge is 2.49. The van der Waals surface area contributed by atoms with Crippen molar-refractivity contribution < 1.29 is 23.5 Å². The number of furan rings is 1. The van der Waals surface area contributed by atoms with Gasteiger partial charge in [-0.25, -0.2) is 4.79 Å². The number of amides is 3. The fourth-order valence-electron chi connectivity index (χ4n) is 3.97. The van der Waals surface area contributed by atoms with Crippen molar-refractivity contribution in [3.8, 4) is 0 Å². The Morgan fingerprint density at radius 2 is 1.69 bits per heavy atom. The second-order valence-corrected chi connectivity index (χ2v) is 7.92. The number of ether oxygens (including phenoxy) is 1. The Morgan fingerprint density at radius 3 is 2.47 bits per heavy atom. The van der Waals surface area contributed by atoms with E-state index in [1.807, 2.05) is 66.7 Å². The summed E-state index contributed by atoms with van der Waals surface area (Å²) < 4.78 is 10.9. The van der Waals surface area contributed by atoms with E-state index in [2.05, 4.69) is 5.32 Å². The van der Waals surface area contributed by atoms with Crippen molar-refractivity contribution in [3.63, 3.8) is 0 Å². The SMILES string of the molecule is CC1(c2ccc3ccccc3c2)NC(=O)N(CC(=O)OCc2cc3ccccc3o2)C1=O. The van der Waals surface area contributed by atoms with E-state index < -0.39 is 30.0 Å². The molecule has 7 heteroatoms. The van der Waals surface area contributed by atoms with E-state index in [1.54, 1.807) is 13.0 Å². The Kier molecular flexibility index (Phi) is 4.66. The number of imide groups is 1. The van der Waals surface area contributed by atoms with Crippen molar-refractivity contribution in [2.75, 3.05) is 6.54 Å². The lowest BCUT2D eigenvalue weighted by Crippen LogP contribution is -2.41. The molecule has 1 unspecified atom stereocenters. The largest absolute Gasteiger partial charge is 0.457 e. The molecule has 0 radical (unpaired) electrons. The molecule has 3 aromatic carbocycles. The number of nitrogens with one attached hydrogen (secondary N) is 1. The second kappa shape index (κ2) is 7.53. The van der Waals surface area contributed by atoms with Crippen LogP contribution in [0.5, 0.6) is 0 Å². The van der Waals surface area contributed by atoms with Crippen LogP contribution >= 0.6 is 0 Å². The van der Waals surface area contributed by atoms with Crippen LogP contribution in [0.1, 0.15) is 18.2 Å². The molecular formula is C25H20N2O5. The molecule has 0 saturated carbocycles. The number of carbonyl (C=O) groups excluding carboxylic acids is 3. The van der Waals surface area contributed by atoms with E-state index >= 15 is 0 Å². The third kappa shape index (κ3) is 3.37. The van der Waals surface area contributed by atoms with Crippen LogP contribution in [-0.4, -0.2) is 29.4 Å². The Bertz CT molecular complexity index is 1340. The molecule has 1 atom stereocenters. The quantitative estimate of drug-likeness (QED) is 0.382. The highest BCUT2D eigenvalue weighted by molar-refractivity contribution is 6.09. The Labute approximate surface area is 183 Å². The van der Waals surface area contributed by atoms with Crippen LogP contribution in [0.2, 0.25) is 0 Å². The number of urea groups is 1. The van der Waals surface area contributed by atoms with Crippen molar-refractivity contribution in [2.45, 2.75) is 19.1 Å². The van der Waals surface area contributed by atoms with E-state index in [0.717, 1.165) is 21.1 Å². The summed E-state index contributed by atoms with van der Waals surface area (Å²) >= 11 is 0. The highest BCUT2D eigenvalue weighted by Crippen LogP contribution is 2.31. The van der Waals surface area contributed by atoms with Gasteiger partial charge in [0.2, 0.25) is 0 Å². The number of esters is 1. The molecule has 0 aliphatic carbocycles. The van der Waals surface area contributed by atoms with Crippen molar-refractivity contribution in [3.05, 3.63) is 84.1 Å². The van der Waals surface area contributed by atoms with Crippen LogP contribution < -0.4 is 5.32 Å². The minimum absolute atomic E-state index is 0.0842. The Hall–Kier alpha value is -4.13. The number of nitrogens with zero attached hydrogens (tertiary/aromatic N) is 1. The van der Waals surface area contributed by atoms with Crippen LogP contribution in [0, 0.1) is 0 Å². The summed E-state index contributed by atoms with van der Waals surface area (Å²) in [6.07, 6.45) is 0. The molecule has 1 fully saturated rings. The lowest BCUT2D eigenvalue weighted by molar-refractivity contribution is -0.149. The first-order valence-corrected chi connectivity index (χ1v) is 10.2. The van der Waals surface area contributed by atoms with Gasteiger partial charge >= 0.3 is 12.0 Å². The highest BCUT2D eigenvalue weighted by atomic mass is 16.5. The van der Waals surface area contributed by atoms with E-state index in [0.29, 0.717) is 16.9 Å². The third-order valence-electron chi connectivity index (χ3n) is 5.74. The fraction of sp³-hybridized carbons (Fsp3) is 0.160.